The Kier molecular flexibility index (Phi) is 1.88. The highest BCUT2D eigenvalue weighted by atomic mass is 35.5. The zero-order valence-corrected chi connectivity index (χ0v) is 7.64. The third kappa shape index (κ3) is 1.35. The molecule has 2 aromatic rings. The standard InChI is InChI=1S/C9H6ClFN2/c1-5-6-3-2-4-7(11)8(6)13-9(10)12-5/h2-4H,1H3. The molecule has 0 aliphatic heterocycles. The second-order valence-electron chi connectivity index (χ2n) is 2.71. The topological polar surface area (TPSA) is 25.8 Å². The van der Waals surface area contributed by atoms with Crippen LogP contribution in [0.3, 0.4) is 0 Å². The van der Waals surface area contributed by atoms with Crippen molar-refractivity contribution in [2.45, 2.75) is 6.92 Å². The lowest BCUT2D eigenvalue weighted by Gasteiger charge is -2.01. The molecule has 1 aromatic carbocycles. The molecule has 0 atom stereocenters. The molecular formula is C9H6ClFN2. The van der Waals surface area contributed by atoms with Crippen LogP contribution in [0.2, 0.25) is 5.28 Å². The number of fused-ring (bicyclic) bond motifs is 1. The number of aromatic nitrogens is 2. The number of rotatable bonds is 0. The summed E-state index contributed by atoms with van der Waals surface area (Å²) in [7, 11) is 0. The summed E-state index contributed by atoms with van der Waals surface area (Å²) in [6, 6.07) is 4.75. The number of hydrogen-bond donors (Lipinski definition) is 0. The normalized spacial score (nSPS) is 10.7. The van der Waals surface area contributed by atoms with Gasteiger partial charge in [-0.05, 0) is 24.6 Å². The first kappa shape index (κ1) is 8.38. The van der Waals surface area contributed by atoms with E-state index in [0.29, 0.717) is 11.1 Å². The van der Waals surface area contributed by atoms with Crippen molar-refractivity contribution in [3.05, 3.63) is 35.0 Å². The van der Waals surface area contributed by atoms with Crippen LogP contribution in [-0.2, 0) is 0 Å². The molecule has 0 N–H and O–H groups in total. The van der Waals surface area contributed by atoms with E-state index in [0.717, 1.165) is 0 Å². The molecule has 13 heavy (non-hydrogen) atoms. The molecule has 0 radical (unpaired) electrons. The van der Waals surface area contributed by atoms with Crippen molar-refractivity contribution in [2.24, 2.45) is 0 Å². The molecule has 0 aliphatic carbocycles. The van der Waals surface area contributed by atoms with E-state index in [1.807, 2.05) is 0 Å². The smallest absolute Gasteiger partial charge is 0.223 e. The summed E-state index contributed by atoms with van der Waals surface area (Å²) in [4.78, 5) is 7.75. The van der Waals surface area contributed by atoms with Crippen LogP contribution in [0.1, 0.15) is 5.69 Å². The first-order chi connectivity index (χ1) is 6.18. The minimum Gasteiger partial charge on any atom is -0.223 e. The molecule has 0 bridgehead atoms. The van der Waals surface area contributed by atoms with E-state index in [-0.39, 0.29) is 16.6 Å². The summed E-state index contributed by atoms with van der Waals surface area (Å²) in [5.41, 5.74) is 0.967. The van der Waals surface area contributed by atoms with Gasteiger partial charge in [0.25, 0.3) is 0 Å². The van der Waals surface area contributed by atoms with E-state index >= 15 is 0 Å². The fraction of sp³-hybridized carbons (Fsp3) is 0.111. The Balaban J connectivity index is 2.94. The van der Waals surface area contributed by atoms with Crippen molar-refractivity contribution >= 4 is 22.5 Å². The average molecular weight is 197 g/mol. The van der Waals surface area contributed by atoms with Gasteiger partial charge >= 0.3 is 0 Å². The second kappa shape index (κ2) is 2.92. The Morgan fingerprint density at radius 2 is 2.08 bits per heavy atom. The van der Waals surface area contributed by atoms with E-state index in [2.05, 4.69) is 9.97 Å². The van der Waals surface area contributed by atoms with Crippen LogP contribution in [0.25, 0.3) is 10.9 Å². The molecule has 0 spiro atoms. The maximum atomic E-state index is 13.2. The molecule has 1 aromatic heterocycles. The second-order valence-corrected chi connectivity index (χ2v) is 3.05. The zero-order valence-electron chi connectivity index (χ0n) is 6.88. The van der Waals surface area contributed by atoms with Gasteiger partial charge in [0.15, 0.2) is 0 Å². The van der Waals surface area contributed by atoms with Gasteiger partial charge in [0, 0.05) is 5.39 Å². The fourth-order valence-electron chi connectivity index (χ4n) is 1.24. The summed E-state index contributed by atoms with van der Waals surface area (Å²) in [6.07, 6.45) is 0. The lowest BCUT2D eigenvalue weighted by Crippen LogP contribution is -1.91. The minimum atomic E-state index is -0.370. The predicted octanol–water partition coefficient (Wildman–Crippen LogP) is 2.73. The molecule has 1 heterocycles. The third-order valence-corrected chi connectivity index (χ3v) is 2.01. The third-order valence-electron chi connectivity index (χ3n) is 1.84. The Morgan fingerprint density at radius 3 is 2.85 bits per heavy atom. The van der Waals surface area contributed by atoms with Crippen molar-refractivity contribution in [3.8, 4) is 0 Å². The number of benzene rings is 1. The molecule has 66 valence electrons. The van der Waals surface area contributed by atoms with Crippen molar-refractivity contribution in [1.29, 1.82) is 0 Å². The minimum absolute atomic E-state index is 0.0788. The van der Waals surface area contributed by atoms with Gasteiger partial charge in [0.2, 0.25) is 5.28 Å². The van der Waals surface area contributed by atoms with Gasteiger partial charge in [-0.2, -0.15) is 0 Å². The number of nitrogens with zero attached hydrogens (tertiary/aromatic N) is 2. The van der Waals surface area contributed by atoms with E-state index in [1.54, 1.807) is 19.1 Å². The number of halogens is 2. The highest BCUT2D eigenvalue weighted by molar-refractivity contribution is 6.28. The predicted molar refractivity (Wildman–Crippen MR) is 49.2 cm³/mol. The fourth-order valence-corrected chi connectivity index (χ4v) is 1.45. The summed E-state index contributed by atoms with van der Waals surface area (Å²) >= 11 is 5.61. The van der Waals surface area contributed by atoms with Gasteiger partial charge < -0.3 is 0 Å². The molecule has 2 rings (SSSR count). The molecule has 0 unspecified atom stereocenters. The van der Waals surface area contributed by atoms with Gasteiger partial charge in [-0.3, -0.25) is 0 Å². The number of para-hydroxylation sites is 1. The Bertz CT molecular complexity index is 470. The quantitative estimate of drug-likeness (QED) is 0.606. The largest absolute Gasteiger partial charge is 0.223 e. The van der Waals surface area contributed by atoms with E-state index in [9.17, 15) is 4.39 Å². The highest BCUT2D eigenvalue weighted by Gasteiger charge is 2.06. The highest BCUT2D eigenvalue weighted by Crippen LogP contribution is 2.19. The number of hydrogen-bond acceptors (Lipinski definition) is 2. The van der Waals surface area contributed by atoms with Crippen molar-refractivity contribution in [2.75, 3.05) is 0 Å². The van der Waals surface area contributed by atoms with Crippen LogP contribution in [0.4, 0.5) is 4.39 Å². The van der Waals surface area contributed by atoms with Gasteiger partial charge in [-0.25, -0.2) is 14.4 Å². The van der Waals surface area contributed by atoms with E-state index < -0.39 is 0 Å². The van der Waals surface area contributed by atoms with E-state index in [1.165, 1.54) is 6.07 Å². The van der Waals surface area contributed by atoms with Crippen LogP contribution in [0.5, 0.6) is 0 Å². The Morgan fingerprint density at radius 1 is 1.31 bits per heavy atom. The van der Waals surface area contributed by atoms with Crippen LogP contribution < -0.4 is 0 Å². The number of aryl methyl sites for hydroxylation is 1. The van der Waals surface area contributed by atoms with Gasteiger partial charge in [0.05, 0.1) is 5.69 Å². The molecule has 2 nitrogen and oxygen atoms in total. The van der Waals surface area contributed by atoms with Crippen molar-refractivity contribution < 1.29 is 4.39 Å². The summed E-state index contributed by atoms with van der Waals surface area (Å²) in [6.45, 7) is 1.77. The van der Waals surface area contributed by atoms with Gasteiger partial charge in [-0.1, -0.05) is 12.1 Å². The molecule has 0 saturated heterocycles. The van der Waals surface area contributed by atoms with Gasteiger partial charge in [0.1, 0.15) is 11.3 Å². The van der Waals surface area contributed by atoms with Crippen LogP contribution in [0.15, 0.2) is 18.2 Å². The molecule has 0 amide bonds. The van der Waals surface area contributed by atoms with E-state index in [4.69, 9.17) is 11.6 Å². The van der Waals surface area contributed by atoms with Crippen LogP contribution in [-0.4, -0.2) is 9.97 Å². The first-order valence-corrected chi connectivity index (χ1v) is 4.14. The lowest BCUT2D eigenvalue weighted by molar-refractivity contribution is 0.636. The summed E-state index contributed by atoms with van der Waals surface area (Å²) in [5.74, 6) is -0.370. The summed E-state index contributed by atoms with van der Waals surface area (Å²) < 4.78 is 13.2. The SMILES string of the molecule is Cc1nc(Cl)nc2c(F)cccc12. The Labute approximate surface area is 79.4 Å². The van der Waals surface area contributed by atoms with Crippen LogP contribution >= 0.6 is 11.6 Å². The molecule has 0 aliphatic rings. The molecular weight excluding hydrogens is 191 g/mol. The van der Waals surface area contributed by atoms with Crippen molar-refractivity contribution in [1.82, 2.24) is 9.97 Å². The first-order valence-electron chi connectivity index (χ1n) is 3.77. The molecule has 4 heteroatoms. The molecule has 0 saturated carbocycles. The van der Waals surface area contributed by atoms with Gasteiger partial charge in [-0.15, -0.1) is 0 Å². The van der Waals surface area contributed by atoms with Crippen LogP contribution in [0, 0.1) is 12.7 Å². The monoisotopic (exact) mass is 196 g/mol. The lowest BCUT2D eigenvalue weighted by atomic mass is 10.2. The summed E-state index contributed by atoms with van der Waals surface area (Å²) in [5, 5.41) is 0.777. The Hall–Kier alpha value is -1.22. The zero-order chi connectivity index (χ0) is 9.42. The average Bonchev–Trinajstić information content (AvgIpc) is 2.07. The maximum absolute atomic E-state index is 13.2. The maximum Gasteiger partial charge on any atom is 0.223 e. The molecule has 0 fully saturated rings. The van der Waals surface area contributed by atoms with Crippen molar-refractivity contribution in [3.63, 3.8) is 0 Å².